The highest BCUT2D eigenvalue weighted by molar-refractivity contribution is 7.20. The van der Waals surface area contributed by atoms with Gasteiger partial charge in [0.05, 0.1) is 11.5 Å². The number of benzene rings is 2. The molecule has 1 aliphatic carbocycles. The van der Waals surface area contributed by atoms with Crippen LogP contribution in [0.15, 0.2) is 54.9 Å². The predicted octanol–water partition coefficient (Wildman–Crippen LogP) is 7.18. The van der Waals surface area contributed by atoms with E-state index in [2.05, 4.69) is 34.6 Å². The van der Waals surface area contributed by atoms with E-state index in [1.807, 2.05) is 42.6 Å². The van der Waals surface area contributed by atoms with E-state index < -0.39 is 0 Å². The SMILES string of the molecule is CCOC(=O)CC1CCC(c2ccc(-c3cn4cc(C(=O)NCc5ccc(C)c(Cl)c5)nc4s3)cc2)CC1. The number of aryl methyl sites for hydroxylation is 1. The number of amides is 1. The minimum Gasteiger partial charge on any atom is -0.466 e. The lowest BCUT2D eigenvalue weighted by Gasteiger charge is -2.28. The normalized spacial score (nSPS) is 17.4. The fraction of sp³-hybridized carbons (Fsp3) is 0.367. The van der Waals surface area contributed by atoms with Gasteiger partial charge in [0.2, 0.25) is 0 Å². The quantitative estimate of drug-likeness (QED) is 0.236. The molecule has 0 unspecified atom stereocenters. The summed E-state index contributed by atoms with van der Waals surface area (Å²) in [5.74, 6) is 0.712. The van der Waals surface area contributed by atoms with Gasteiger partial charge in [-0.3, -0.25) is 14.0 Å². The van der Waals surface area contributed by atoms with Gasteiger partial charge < -0.3 is 10.1 Å². The molecule has 1 N–H and O–H groups in total. The van der Waals surface area contributed by atoms with Crippen molar-refractivity contribution in [1.82, 2.24) is 14.7 Å². The fourth-order valence-electron chi connectivity index (χ4n) is 5.13. The molecule has 2 aromatic heterocycles. The number of thiazole rings is 1. The molecule has 5 rings (SSSR count). The average molecular weight is 550 g/mol. The van der Waals surface area contributed by atoms with Gasteiger partial charge in [-0.25, -0.2) is 4.98 Å². The Hall–Kier alpha value is -3.16. The van der Waals surface area contributed by atoms with Crippen molar-refractivity contribution < 1.29 is 14.3 Å². The maximum Gasteiger partial charge on any atom is 0.306 e. The number of rotatable bonds is 8. The summed E-state index contributed by atoms with van der Waals surface area (Å²) in [5, 5.41) is 3.61. The van der Waals surface area contributed by atoms with E-state index in [9.17, 15) is 9.59 Å². The first kappa shape index (κ1) is 26.4. The summed E-state index contributed by atoms with van der Waals surface area (Å²) in [6.07, 6.45) is 8.71. The second-order valence-electron chi connectivity index (χ2n) is 10.0. The third-order valence-electron chi connectivity index (χ3n) is 7.35. The van der Waals surface area contributed by atoms with Crippen LogP contribution in [0, 0.1) is 12.8 Å². The van der Waals surface area contributed by atoms with Crippen LogP contribution in [0.5, 0.6) is 0 Å². The monoisotopic (exact) mass is 549 g/mol. The van der Waals surface area contributed by atoms with Crippen molar-refractivity contribution in [2.24, 2.45) is 5.92 Å². The molecule has 1 saturated carbocycles. The minimum absolute atomic E-state index is 0.0667. The zero-order valence-electron chi connectivity index (χ0n) is 21.7. The molecule has 38 heavy (non-hydrogen) atoms. The molecule has 0 aliphatic heterocycles. The molecule has 0 atom stereocenters. The lowest BCUT2D eigenvalue weighted by Crippen LogP contribution is -2.23. The molecular formula is C30H32ClN3O3S. The van der Waals surface area contributed by atoms with Crippen LogP contribution < -0.4 is 5.32 Å². The highest BCUT2D eigenvalue weighted by Gasteiger charge is 2.24. The van der Waals surface area contributed by atoms with E-state index in [-0.39, 0.29) is 11.9 Å². The zero-order valence-corrected chi connectivity index (χ0v) is 23.3. The van der Waals surface area contributed by atoms with Crippen molar-refractivity contribution >= 4 is 39.8 Å². The Kier molecular flexibility index (Phi) is 8.15. The molecule has 2 heterocycles. The van der Waals surface area contributed by atoms with E-state index in [0.717, 1.165) is 52.2 Å². The summed E-state index contributed by atoms with van der Waals surface area (Å²) in [6, 6.07) is 14.6. The van der Waals surface area contributed by atoms with Gasteiger partial charge in [0.25, 0.3) is 5.91 Å². The minimum atomic E-state index is -0.208. The van der Waals surface area contributed by atoms with Crippen LogP contribution in [-0.4, -0.2) is 27.9 Å². The summed E-state index contributed by atoms with van der Waals surface area (Å²) in [5.41, 5.74) is 4.86. The molecule has 1 fully saturated rings. The summed E-state index contributed by atoms with van der Waals surface area (Å²) >= 11 is 7.75. The third-order valence-corrected chi connectivity index (χ3v) is 8.80. The molecule has 6 nitrogen and oxygen atoms in total. The second kappa shape index (κ2) is 11.7. The van der Waals surface area contributed by atoms with Crippen LogP contribution in [0.3, 0.4) is 0 Å². The van der Waals surface area contributed by atoms with Gasteiger partial charge in [-0.2, -0.15) is 0 Å². The number of esters is 1. The lowest BCUT2D eigenvalue weighted by atomic mass is 9.77. The summed E-state index contributed by atoms with van der Waals surface area (Å²) in [7, 11) is 0. The molecule has 2 aromatic carbocycles. The van der Waals surface area contributed by atoms with Gasteiger partial charge in [-0.1, -0.05) is 59.3 Å². The van der Waals surface area contributed by atoms with Crippen LogP contribution in [0.25, 0.3) is 15.4 Å². The number of fused-ring (bicyclic) bond motifs is 1. The van der Waals surface area contributed by atoms with E-state index in [1.54, 1.807) is 17.5 Å². The van der Waals surface area contributed by atoms with Gasteiger partial charge in [0, 0.05) is 30.4 Å². The topological polar surface area (TPSA) is 72.7 Å². The van der Waals surface area contributed by atoms with Crippen molar-refractivity contribution in [2.75, 3.05) is 6.61 Å². The Morgan fingerprint density at radius 3 is 2.55 bits per heavy atom. The number of halogens is 1. The number of aromatic nitrogens is 2. The summed E-state index contributed by atoms with van der Waals surface area (Å²) in [6.45, 7) is 4.66. The Balaban J connectivity index is 1.17. The highest BCUT2D eigenvalue weighted by atomic mass is 35.5. The largest absolute Gasteiger partial charge is 0.466 e. The molecule has 0 spiro atoms. The number of carbonyl (C=O) groups is 2. The number of carbonyl (C=O) groups excluding carboxylic acids is 2. The van der Waals surface area contributed by atoms with Crippen molar-refractivity contribution in [3.05, 3.63) is 82.3 Å². The van der Waals surface area contributed by atoms with Gasteiger partial charge in [0.1, 0.15) is 5.69 Å². The highest BCUT2D eigenvalue weighted by Crippen LogP contribution is 2.38. The van der Waals surface area contributed by atoms with Crippen LogP contribution in [-0.2, 0) is 16.1 Å². The maximum absolute atomic E-state index is 12.6. The molecule has 0 bridgehead atoms. The van der Waals surface area contributed by atoms with E-state index in [0.29, 0.717) is 42.1 Å². The molecular weight excluding hydrogens is 518 g/mol. The first-order valence-corrected chi connectivity index (χ1v) is 14.4. The van der Waals surface area contributed by atoms with Crippen molar-refractivity contribution in [2.45, 2.75) is 58.4 Å². The number of ether oxygens (including phenoxy) is 1. The van der Waals surface area contributed by atoms with Crippen molar-refractivity contribution in [3.63, 3.8) is 0 Å². The molecule has 198 valence electrons. The zero-order chi connectivity index (χ0) is 26.6. The Bertz CT molecular complexity index is 1400. The molecule has 4 aromatic rings. The van der Waals surface area contributed by atoms with Crippen LogP contribution in [0.1, 0.15) is 72.1 Å². The first-order valence-electron chi connectivity index (χ1n) is 13.2. The Morgan fingerprint density at radius 1 is 1.11 bits per heavy atom. The van der Waals surface area contributed by atoms with E-state index >= 15 is 0 Å². The average Bonchev–Trinajstić information content (AvgIpc) is 3.50. The van der Waals surface area contributed by atoms with Crippen LogP contribution in [0.4, 0.5) is 0 Å². The van der Waals surface area contributed by atoms with Gasteiger partial charge >= 0.3 is 5.97 Å². The van der Waals surface area contributed by atoms with E-state index in [1.165, 1.54) is 5.56 Å². The Labute approximate surface area is 232 Å². The molecule has 0 radical (unpaired) electrons. The summed E-state index contributed by atoms with van der Waals surface area (Å²) < 4.78 is 7.02. The number of nitrogens with zero attached hydrogens (tertiary/aromatic N) is 2. The predicted molar refractivity (Wildman–Crippen MR) is 152 cm³/mol. The second-order valence-corrected chi connectivity index (χ2v) is 11.4. The van der Waals surface area contributed by atoms with Gasteiger partial charge in [-0.15, -0.1) is 0 Å². The number of hydrogen-bond acceptors (Lipinski definition) is 5. The maximum atomic E-state index is 12.6. The molecule has 0 saturated heterocycles. The van der Waals surface area contributed by atoms with Crippen LogP contribution in [0.2, 0.25) is 5.02 Å². The van der Waals surface area contributed by atoms with Gasteiger partial charge in [-0.05, 0) is 79.7 Å². The number of nitrogens with one attached hydrogen (secondary N) is 1. The summed E-state index contributed by atoms with van der Waals surface area (Å²) in [4.78, 5) is 30.9. The fourth-order valence-corrected chi connectivity index (χ4v) is 6.31. The molecule has 8 heteroatoms. The standard InChI is InChI=1S/C30H32ClN3O3S/c1-3-37-28(35)15-20-6-8-22(9-7-20)23-10-12-24(13-11-23)27-18-34-17-26(33-30(34)38-27)29(36)32-16-21-5-4-19(2)25(31)14-21/h4-5,10-14,17-18,20,22H,3,6-9,15-16H2,1-2H3,(H,32,36). The third kappa shape index (κ3) is 6.11. The molecule has 1 amide bonds. The smallest absolute Gasteiger partial charge is 0.306 e. The van der Waals surface area contributed by atoms with Crippen molar-refractivity contribution in [1.29, 1.82) is 0 Å². The van der Waals surface area contributed by atoms with Crippen molar-refractivity contribution in [3.8, 4) is 10.4 Å². The Morgan fingerprint density at radius 2 is 1.87 bits per heavy atom. The number of imidazole rings is 1. The van der Waals surface area contributed by atoms with Gasteiger partial charge in [0.15, 0.2) is 4.96 Å². The first-order chi connectivity index (χ1) is 18.4. The lowest BCUT2D eigenvalue weighted by molar-refractivity contribution is -0.144. The number of hydrogen-bond donors (Lipinski definition) is 1. The molecule has 1 aliphatic rings. The van der Waals surface area contributed by atoms with E-state index in [4.69, 9.17) is 16.3 Å². The van der Waals surface area contributed by atoms with Crippen LogP contribution >= 0.6 is 22.9 Å².